The summed E-state index contributed by atoms with van der Waals surface area (Å²) in [5.41, 5.74) is 2.33. The van der Waals surface area contributed by atoms with Crippen LogP contribution in [0.3, 0.4) is 0 Å². The second-order valence-electron chi connectivity index (χ2n) is 1.76. The third-order valence-corrected chi connectivity index (χ3v) is 1.94. The van der Waals surface area contributed by atoms with Crippen molar-refractivity contribution in [3.8, 4) is 0 Å². The molecule has 0 atom stereocenters. The normalized spacial score (nSPS) is 9.27. The Morgan fingerprint density at radius 2 is 2.64 bits per heavy atom. The highest BCUT2D eigenvalue weighted by molar-refractivity contribution is 7.13. The van der Waals surface area contributed by atoms with Crippen molar-refractivity contribution in [1.82, 2.24) is 10.4 Å². The number of carbonyl (C=O) groups is 1. The number of rotatable bonds is 2. The summed E-state index contributed by atoms with van der Waals surface area (Å²) in [7, 11) is 1.74. The molecule has 0 unspecified atom stereocenters. The molecule has 1 rings (SSSR count). The molecule has 0 aliphatic heterocycles. The summed E-state index contributed by atoms with van der Waals surface area (Å²) in [5, 5.41) is 5.14. The minimum Gasteiger partial charge on any atom is -0.365 e. The average Bonchev–Trinajstić information content (AvgIpc) is 2.50. The fourth-order valence-corrected chi connectivity index (χ4v) is 1.22. The van der Waals surface area contributed by atoms with Gasteiger partial charge in [-0.05, 0) is 0 Å². The lowest BCUT2D eigenvalue weighted by Crippen LogP contribution is -2.30. The summed E-state index contributed by atoms with van der Waals surface area (Å²) < 4.78 is 0. The Labute approximate surface area is 69.1 Å². The number of nitrogens with one attached hydrogen (secondary N) is 2. The molecule has 11 heavy (non-hydrogen) atoms. The Balaban J connectivity index is 0.00000121. The van der Waals surface area contributed by atoms with Crippen LogP contribution >= 0.6 is 11.3 Å². The molecule has 0 fully saturated rings. The summed E-state index contributed by atoms with van der Waals surface area (Å²) in [6, 6.07) is 0. The van der Waals surface area contributed by atoms with Crippen LogP contribution < -0.4 is 16.6 Å². The van der Waals surface area contributed by atoms with Crippen molar-refractivity contribution >= 4 is 22.4 Å². The Hall–Kier alpha value is -1.14. The molecular formula is C5H10N4OS. The lowest BCUT2D eigenvalue weighted by Gasteiger charge is -1.91. The first kappa shape index (κ1) is 7.96. The monoisotopic (exact) mass is 174 g/mol. The SMILES string of the molecule is CNc1nc(C(=O)NN)cs1.[HH]. The number of thiazole rings is 1. The predicted molar refractivity (Wildman–Crippen MR) is 45.4 cm³/mol. The topological polar surface area (TPSA) is 80.0 Å². The van der Waals surface area contributed by atoms with E-state index >= 15 is 0 Å². The number of carbonyl (C=O) groups excluding carboxylic acids is 1. The molecule has 1 heterocycles. The number of hydrazine groups is 1. The van der Waals surface area contributed by atoms with Crippen molar-refractivity contribution in [2.24, 2.45) is 5.84 Å². The minimum atomic E-state index is -0.372. The van der Waals surface area contributed by atoms with Crippen LogP contribution in [0.2, 0.25) is 0 Å². The van der Waals surface area contributed by atoms with Crippen LogP contribution in [0.5, 0.6) is 0 Å². The molecule has 0 saturated heterocycles. The molecule has 1 amide bonds. The van der Waals surface area contributed by atoms with E-state index in [0.29, 0.717) is 10.8 Å². The Morgan fingerprint density at radius 3 is 3.09 bits per heavy atom. The molecule has 0 bridgehead atoms. The van der Waals surface area contributed by atoms with Crippen LogP contribution in [0.25, 0.3) is 0 Å². The quantitative estimate of drug-likeness (QED) is 0.336. The van der Waals surface area contributed by atoms with Crippen LogP contribution in [0.1, 0.15) is 11.9 Å². The van der Waals surface area contributed by atoms with Crippen molar-refractivity contribution in [2.45, 2.75) is 0 Å². The van der Waals surface area contributed by atoms with Gasteiger partial charge in [-0.15, -0.1) is 11.3 Å². The van der Waals surface area contributed by atoms with Gasteiger partial charge in [0.25, 0.3) is 5.91 Å². The van der Waals surface area contributed by atoms with Gasteiger partial charge >= 0.3 is 0 Å². The highest BCUT2D eigenvalue weighted by Gasteiger charge is 2.06. The molecule has 0 spiro atoms. The number of anilines is 1. The molecule has 0 radical (unpaired) electrons. The summed E-state index contributed by atoms with van der Waals surface area (Å²) in [5.74, 6) is 4.53. The zero-order valence-electron chi connectivity index (χ0n) is 5.92. The molecule has 0 saturated carbocycles. The van der Waals surface area contributed by atoms with Gasteiger partial charge in [-0.3, -0.25) is 10.2 Å². The van der Waals surface area contributed by atoms with Crippen molar-refractivity contribution in [3.63, 3.8) is 0 Å². The zero-order chi connectivity index (χ0) is 8.27. The van der Waals surface area contributed by atoms with Crippen molar-refractivity contribution in [2.75, 3.05) is 12.4 Å². The number of hydrogen-bond acceptors (Lipinski definition) is 5. The van der Waals surface area contributed by atoms with Crippen molar-refractivity contribution in [1.29, 1.82) is 0 Å². The van der Waals surface area contributed by atoms with E-state index in [0.717, 1.165) is 0 Å². The van der Waals surface area contributed by atoms with Gasteiger partial charge < -0.3 is 5.32 Å². The predicted octanol–water partition coefficient (Wildman–Crippen LogP) is 0.0343. The first-order chi connectivity index (χ1) is 5.27. The van der Waals surface area contributed by atoms with Crippen LogP contribution in [-0.2, 0) is 0 Å². The van der Waals surface area contributed by atoms with E-state index in [9.17, 15) is 4.79 Å². The molecule has 0 aromatic carbocycles. The number of nitrogen functional groups attached to an aromatic ring is 1. The maximum absolute atomic E-state index is 10.8. The Kier molecular flexibility index (Phi) is 2.40. The lowest BCUT2D eigenvalue weighted by atomic mass is 10.5. The summed E-state index contributed by atoms with van der Waals surface area (Å²) in [6.07, 6.45) is 0. The van der Waals surface area contributed by atoms with Gasteiger partial charge in [-0.25, -0.2) is 10.8 Å². The fourth-order valence-electron chi connectivity index (χ4n) is 0.567. The van der Waals surface area contributed by atoms with Crippen LogP contribution in [0.15, 0.2) is 5.38 Å². The van der Waals surface area contributed by atoms with Crippen molar-refractivity contribution in [3.05, 3.63) is 11.1 Å². The second kappa shape index (κ2) is 3.31. The van der Waals surface area contributed by atoms with Gasteiger partial charge in [-0.2, -0.15) is 0 Å². The average molecular weight is 174 g/mol. The highest BCUT2D eigenvalue weighted by Crippen LogP contribution is 2.13. The van der Waals surface area contributed by atoms with Gasteiger partial charge in [-0.1, -0.05) is 0 Å². The molecule has 0 aliphatic carbocycles. The van der Waals surface area contributed by atoms with Crippen LogP contribution in [0, 0.1) is 0 Å². The van der Waals surface area contributed by atoms with E-state index < -0.39 is 0 Å². The molecule has 1 aromatic rings. The van der Waals surface area contributed by atoms with E-state index in [4.69, 9.17) is 5.84 Å². The first-order valence-electron chi connectivity index (χ1n) is 2.92. The molecule has 62 valence electrons. The second-order valence-corrected chi connectivity index (χ2v) is 2.62. The number of nitrogens with zero attached hydrogens (tertiary/aromatic N) is 1. The molecule has 6 heteroatoms. The van der Waals surface area contributed by atoms with Gasteiger partial charge in [0.1, 0.15) is 5.69 Å². The largest absolute Gasteiger partial charge is 0.365 e. The fraction of sp³-hybridized carbons (Fsp3) is 0.200. The summed E-state index contributed by atoms with van der Waals surface area (Å²) in [4.78, 5) is 14.7. The van der Waals surface area contributed by atoms with E-state index in [1.165, 1.54) is 11.3 Å². The van der Waals surface area contributed by atoms with E-state index in [2.05, 4.69) is 10.3 Å². The Morgan fingerprint density at radius 1 is 1.91 bits per heavy atom. The van der Waals surface area contributed by atoms with Gasteiger partial charge in [0, 0.05) is 13.9 Å². The maximum Gasteiger partial charge on any atom is 0.284 e. The third kappa shape index (κ3) is 1.66. The molecule has 4 N–H and O–H groups in total. The molecule has 0 aliphatic rings. The lowest BCUT2D eigenvalue weighted by molar-refractivity contribution is 0.0949. The molecule has 5 nitrogen and oxygen atoms in total. The van der Waals surface area contributed by atoms with Gasteiger partial charge in [0.2, 0.25) is 0 Å². The number of aromatic nitrogens is 1. The van der Waals surface area contributed by atoms with E-state index in [1.807, 2.05) is 5.43 Å². The van der Waals surface area contributed by atoms with Crippen LogP contribution in [-0.4, -0.2) is 17.9 Å². The number of hydrogen-bond donors (Lipinski definition) is 3. The van der Waals surface area contributed by atoms with Crippen LogP contribution in [0.4, 0.5) is 5.13 Å². The standard InChI is InChI=1S/C5H8N4OS.H2/c1-7-5-8-3(2-11-5)4(10)9-6;/h2H,6H2,1H3,(H,7,8)(H,9,10);1H. The van der Waals surface area contributed by atoms with Gasteiger partial charge in [0.05, 0.1) is 0 Å². The zero-order valence-corrected chi connectivity index (χ0v) is 6.73. The summed E-state index contributed by atoms with van der Waals surface area (Å²) in [6.45, 7) is 0. The third-order valence-electron chi connectivity index (χ3n) is 1.08. The van der Waals surface area contributed by atoms with E-state index in [-0.39, 0.29) is 7.33 Å². The first-order valence-corrected chi connectivity index (χ1v) is 3.80. The van der Waals surface area contributed by atoms with E-state index in [1.54, 1.807) is 12.4 Å². The molecule has 1 aromatic heterocycles. The number of nitrogens with two attached hydrogens (primary N) is 1. The van der Waals surface area contributed by atoms with Gasteiger partial charge in [0.15, 0.2) is 5.13 Å². The maximum atomic E-state index is 10.8. The summed E-state index contributed by atoms with van der Waals surface area (Å²) >= 11 is 1.35. The Bertz CT molecular complexity index is 264. The highest BCUT2D eigenvalue weighted by atomic mass is 32.1. The van der Waals surface area contributed by atoms with Crippen molar-refractivity contribution < 1.29 is 6.22 Å². The number of amides is 1. The smallest absolute Gasteiger partial charge is 0.284 e. The molecular weight excluding hydrogens is 164 g/mol. The minimum absolute atomic E-state index is 0.